The maximum atomic E-state index is 5.72. The first-order valence-electron chi connectivity index (χ1n) is 4.88. The van der Waals surface area contributed by atoms with Crippen molar-refractivity contribution in [3.63, 3.8) is 0 Å². The zero-order chi connectivity index (χ0) is 11.7. The lowest BCUT2D eigenvalue weighted by Crippen LogP contribution is -1.93. The van der Waals surface area contributed by atoms with Gasteiger partial charge in [0, 0.05) is 13.1 Å². The van der Waals surface area contributed by atoms with Gasteiger partial charge in [0.1, 0.15) is 10.3 Å². The Kier molecular flexibility index (Phi) is 2.96. The van der Waals surface area contributed by atoms with E-state index in [1.807, 2.05) is 39.1 Å². The minimum Gasteiger partial charge on any atom is -0.435 e. The highest BCUT2D eigenvalue weighted by Gasteiger charge is 2.12. The van der Waals surface area contributed by atoms with Gasteiger partial charge in [0.2, 0.25) is 5.88 Å². The van der Waals surface area contributed by atoms with Crippen LogP contribution in [0.2, 0.25) is 0 Å². The molecule has 0 radical (unpaired) electrons. The van der Waals surface area contributed by atoms with Crippen LogP contribution in [0.1, 0.15) is 11.4 Å². The molecule has 0 fully saturated rings. The van der Waals surface area contributed by atoms with Crippen LogP contribution in [0.15, 0.2) is 22.8 Å². The van der Waals surface area contributed by atoms with Gasteiger partial charge in [-0.3, -0.25) is 4.68 Å². The minimum absolute atomic E-state index is 0.563. The van der Waals surface area contributed by atoms with E-state index in [0.717, 1.165) is 21.7 Å². The van der Waals surface area contributed by atoms with Crippen LogP contribution in [0.5, 0.6) is 11.6 Å². The third-order valence-electron chi connectivity index (χ3n) is 2.34. The van der Waals surface area contributed by atoms with Gasteiger partial charge in [-0.15, -0.1) is 0 Å². The fourth-order valence-electron chi connectivity index (χ4n) is 1.45. The van der Waals surface area contributed by atoms with Gasteiger partial charge in [-0.1, -0.05) is 6.07 Å². The standard InChI is InChI=1S/C11H12BrN3O/c1-7-11(8(2)15(3)14-7)16-10-6-4-5-9(12)13-10/h4-6H,1-3H3. The van der Waals surface area contributed by atoms with Crippen molar-refractivity contribution in [2.24, 2.45) is 7.05 Å². The van der Waals surface area contributed by atoms with Gasteiger partial charge in [0.15, 0.2) is 5.75 Å². The van der Waals surface area contributed by atoms with Crippen molar-refractivity contribution in [3.8, 4) is 11.6 Å². The molecule has 0 spiro atoms. The van der Waals surface area contributed by atoms with Crippen LogP contribution in [0, 0.1) is 13.8 Å². The molecule has 0 bridgehead atoms. The van der Waals surface area contributed by atoms with Crippen molar-refractivity contribution in [1.82, 2.24) is 14.8 Å². The largest absolute Gasteiger partial charge is 0.435 e. The molecule has 0 aliphatic heterocycles. The Morgan fingerprint density at radius 3 is 2.62 bits per heavy atom. The molecule has 0 aliphatic carbocycles. The van der Waals surface area contributed by atoms with E-state index in [1.165, 1.54) is 0 Å². The predicted molar refractivity (Wildman–Crippen MR) is 64.7 cm³/mol. The molecule has 0 unspecified atom stereocenters. The Morgan fingerprint density at radius 1 is 1.31 bits per heavy atom. The minimum atomic E-state index is 0.563. The van der Waals surface area contributed by atoms with Crippen LogP contribution in [-0.2, 0) is 7.05 Å². The van der Waals surface area contributed by atoms with Crippen LogP contribution in [0.25, 0.3) is 0 Å². The molecular formula is C11H12BrN3O. The van der Waals surface area contributed by atoms with E-state index < -0.39 is 0 Å². The highest BCUT2D eigenvalue weighted by molar-refractivity contribution is 9.10. The summed E-state index contributed by atoms with van der Waals surface area (Å²) in [5.41, 5.74) is 1.85. The van der Waals surface area contributed by atoms with Gasteiger partial charge in [0.25, 0.3) is 0 Å². The SMILES string of the molecule is Cc1nn(C)c(C)c1Oc1cccc(Br)n1. The molecule has 4 nitrogen and oxygen atoms in total. The lowest BCUT2D eigenvalue weighted by Gasteiger charge is -2.04. The summed E-state index contributed by atoms with van der Waals surface area (Å²) in [6.07, 6.45) is 0. The highest BCUT2D eigenvalue weighted by atomic mass is 79.9. The maximum Gasteiger partial charge on any atom is 0.220 e. The van der Waals surface area contributed by atoms with E-state index in [1.54, 1.807) is 4.68 Å². The number of hydrogen-bond acceptors (Lipinski definition) is 3. The van der Waals surface area contributed by atoms with Gasteiger partial charge in [-0.05, 0) is 35.8 Å². The van der Waals surface area contributed by atoms with Crippen LogP contribution in [0.3, 0.4) is 0 Å². The van der Waals surface area contributed by atoms with Gasteiger partial charge >= 0.3 is 0 Å². The second kappa shape index (κ2) is 4.25. The van der Waals surface area contributed by atoms with E-state index in [4.69, 9.17) is 4.74 Å². The molecule has 2 aromatic rings. The van der Waals surface area contributed by atoms with Crippen LogP contribution >= 0.6 is 15.9 Å². The van der Waals surface area contributed by atoms with Crippen LogP contribution in [0.4, 0.5) is 0 Å². The summed E-state index contributed by atoms with van der Waals surface area (Å²) < 4.78 is 8.27. The Bertz CT molecular complexity index is 522. The summed E-state index contributed by atoms with van der Waals surface area (Å²) in [6, 6.07) is 5.56. The molecule has 0 aromatic carbocycles. The first-order chi connectivity index (χ1) is 7.58. The molecule has 16 heavy (non-hydrogen) atoms. The normalized spacial score (nSPS) is 10.5. The first kappa shape index (κ1) is 11.1. The topological polar surface area (TPSA) is 39.9 Å². The van der Waals surface area contributed by atoms with Crippen molar-refractivity contribution in [3.05, 3.63) is 34.2 Å². The highest BCUT2D eigenvalue weighted by Crippen LogP contribution is 2.27. The molecule has 0 saturated carbocycles. The number of halogens is 1. The van der Waals surface area contributed by atoms with Crippen molar-refractivity contribution in [2.75, 3.05) is 0 Å². The number of aromatic nitrogens is 3. The summed E-state index contributed by atoms with van der Waals surface area (Å²) in [4.78, 5) is 4.22. The van der Waals surface area contributed by atoms with E-state index in [0.29, 0.717) is 5.88 Å². The summed E-state index contributed by atoms with van der Waals surface area (Å²) >= 11 is 3.31. The molecule has 0 N–H and O–H groups in total. The molecule has 2 heterocycles. The number of aryl methyl sites for hydroxylation is 2. The molecule has 84 valence electrons. The van der Waals surface area contributed by atoms with Gasteiger partial charge in [0.05, 0.1) is 5.69 Å². The Hall–Kier alpha value is -1.36. The number of pyridine rings is 1. The lowest BCUT2D eigenvalue weighted by atomic mass is 10.3. The first-order valence-corrected chi connectivity index (χ1v) is 5.68. The molecule has 2 rings (SSSR count). The average molecular weight is 282 g/mol. The average Bonchev–Trinajstić information content (AvgIpc) is 2.45. The number of rotatable bonds is 2. The fourth-order valence-corrected chi connectivity index (χ4v) is 1.78. The molecular weight excluding hydrogens is 270 g/mol. The zero-order valence-corrected chi connectivity index (χ0v) is 10.9. The van der Waals surface area contributed by atoms with Gasteiger partial charge in [-0.2, -0.15) is 5.10 Å². The predicted octanol–water partition coefficient (Wildman–Crippen LogP) is 2.99. The van der Waals surface area contributed by atoms with Crippen LogP contribution < -0.4 is 4.74 Å². The van der Waals surface area contributed by atoms with E-state index in [-0.39, 0.29) is 0 Å². The number of nitrogens with zero attached hydrogens (tertiary/aromatic N) is 3. The number of ether oxygens (including phenoxy) is 1. The molecule has 2 aromatic heterocycles. The molecule has 0 saturated heterocycles. The van der Waals surface area contributed by atoms with Gasteiger partial charge in [-0.25, -0.2) is 4.98 Å². The lowest BCUT2D eigenvalue weighted by molar-refractivity contribution is 0.454. The van der Waals surface area contributed by atoms with Crippen molar-refractivity contribution in [2.45, 2.75) is 13.8 Å². The second-order valence-electron chi connectivity index (χ2n) is 3.52. The van der Waals surface area contributed by atoms with Gasteiger partial charge < -0.3 is 4.74 Å². The monoisotopic (exact) mass is 281 g/mol. The van der Waals surface area contributed by atoms with Crippen molar-refractivity contribution in [1.29, 1.82) is 0 Å². The van der Waals surface area contributed by atoms with E-state index in [2.05, 4.69) is 26.0 Å². The number of hydrogen-bond donors (Lipinski definition) is 0. The summed E-state index contributed by atoms with van der Waals surface area (Å²) in [5, 5.41) is 4.28. The van der Waals surface area contributed by atoms with E-state index >= 15 is 0 Å². The van der Waals surface area contributed by atoms with E-state index in [9.17, 15) is 0 Å². The Balaban J connectivity index is 2.34. The summed E-state index contributed by atoms with van der Waals surface area (Å²) in [6.45, 7) is 3.88. The summed E-state index contributed by atoms with van der Waals surface area (Å²) in [7, 11) is 1.89. The van der Waals surface area contributed by atoms with Crippen molar-refractivity contribution < 1.29 is 4.74 Å². The third kappa shape index (κ3) is 2.09. The second-order valence-corrected chi connectivity index (χ2v) is 4.34. The third-order valence-corrected chi connectivity index (χ3v) is 2.78. The van der Waals surface area contributed by atoms with Crippen molar-refractivity contribution >= 4 is 15.9 Å². The summed E-state index contributed by atoms with van der Waals surface area (Å²) in [5.74, 6) is 1.33. The molecule has 0 amide bonds. The fraction of sp³-hybridized carbons (Fsp3) is 0.273. The molecule has 5 heteroatoms. The Morgan fingerprint density at radius 2 is 2.06 bits per heavy atom. The maximum absolute atomic E-state index is 5.72. The van der Waals surface area contributed by atoms with Crippen LogP contribution in [-0.4, -0.2) is 14.8 Å². The molecule has 0 aliphatic rings. The quantitative estimate of drug-likeness (QED) is 0.795. The zero-order valence-electron chi connectivity index (χ0n) is 9.36. The smallest absolute Gasteiger partial charge is 0.220 e. The Labute approximate surface area is 102 Å². The molecule has 0 atom stereocenters.